The van der Waals surface area contributed by atoms with E-state index in [2.05, 4.69) is 10.1 Å². The molecule has 1 aliphatic heterocycles. The summed E-state index contributed by atoms with van der Waals surface area (Å²) in [6.07, 6.45) is 2.09. The third-order valence-corrected chi connectivity index (χ3v) is 6.27. The number of hydrogen-bond acceptors (Lipinski definition) is 6. The molecule has 0 saturated carbocycles. The first-order valence-corrected chi connectivity index (χ1v) is 11.3. The number of pyridine rings is 1. The number of nitrogens with two attached hydrogens (primary N) is 1. The van der Waals surface area contributed by atoms with Crippen LogP contribution in [0.25, 0.3) is 5.69 Å². The normalized spacial score (nSPS) is 14.5. The Hall–Kier alpha value is -4.19. The van der Waals surface area contributed by atoms with Gasteiger partial charge < -0.3 is 15.4 Å². The van der Waals surface area contributed by atoms with Gasteiger partial charge in [0.15, 0.2) is 23.1 Å². The lowest BCUT2D eigenvalue weighted by molar-refractivity contribution is 0.252. The van der Waals surface area contributed by atoms with E-state index in [9.17, 15) is 22.4 Å². The summed E-state index contributed by atoms with van der Waals surface area (Å²) in [5.74, 6) is -3.28. The predicted octanol–water partition coefficient (Wildman–Crippen LogP) is 3.61. The number of halogens is 4. The SMILES string of the molecule is CC1(CN)CN(c2cc(Oc3ccc(-n4ncn(Cc5c(F)cccc5F)c4=O)cc3F)c(F)cn2)C1. The van der Waals surface area contributed by atoms with Gasteiger partial charge in [0.2, 0.25) is 0 Å². The Balaban J connectivity index is 1.36. The fraction of sp³-hybridized carbons (Fsp3) is 0.240. The molecule has 192 valence electrons. The summed E-state index contributed by atoms with van der Waals surface area (Å²) in [6, 6.07) is 8.32. The monoisotopic (exact) mass is 514 g/mol. The molecule has 3 heterocycles. The van der Waals surface area contributed by atoms with Gasteiger partial charge in [-0.25, -0.2) is 27.3 Å². The van der Waals surface area contributed by atoms with Crippen LogP contribution in [-0.2, 0) is 6.54 Å². The molecule has 4 aromatic rings. The first kappa shape index (κ1) is 24.5. The molecule has 0 aliphatic carbocycles. The third-order valence-electron chi connectivity index (χ3n) is 6.27. The van der Waals surface area contributed by atoms with Gasteiger partial charge in [0.1, 0.15) is 23.8 Å². The quantitative estimate of drug-likeness (QED) is 0.379. The van der Waals surface area contributed by atoms with Crippen molar-refractivity contribution in [3.05, 3.63) is 94.3 Å². The highest BCUT2D eigenvalue weighted by Gasteiger charge is 2.38. The summed E-state index contributed by atoms with van der Waals surface area (Å²) >= 11 is 0. The minimum Gasteiger partial charge on any atom is -0.451 e. The Labute approximate surface area is 208 Å². The van der Waals surface area contributed by atoms with Gasteiger partial charge in [-0.3, -0.25) is 4.57 Å². The number of nitrogens with zero attached hydrogens (tertiary/aromatic N) is 5. The Morgan fingerprint density at radius 2 is 1.73 bits per heavy atom. The summed E-state index contributed by atoms with van der Waals surface area (Å²) < 4.78 is 64.5. The van der Waals surface area contributed by atoms with E-state index >= 15 is 0 Å². The van der Waals surface area contributed by atoms with E-state index in [4.69, 9.17) is 10.5 Å². The molecule has 0 bridgehead atoms. The molecule has 0 spiro atoms. The summed E-state index contributed by atoms with van der Waals surface area (Å²) in [6.45, 7) is 3.44. The van der Waals surface area contributed by atoms with E-state index in [-0.39, 0.29) is 28.2 Å². The molecular formula is C25H22F4N6O2. The molecule has 0 amide bonds. The molecule has 0 radical (unpaired) electrons. The highest BCUT2D eigenvalue weighted by molar-refractivity contribution is 5.49. The summed E-state index contributed by atoms with van der Waals surface area (Å²) in [5.41, 5.74) is 4.72. The van der Waals surface area contributed by atoms with E-state index < -0.39 is 35.5 Å². The van der Waals surface area contributed by atoms with Crippen molar-refractivity contribution in [3.63, 3.8) is 0 Å². The number of benzene rings is 2. The van der Waals surface area contributed by atoms with Crippen molar-refractivity contribution < 1.29 is 22.3 Å². The van der Waals surface area contributed by atoms with Crippen molar-refractivity contribution in [2.75, 3.05) is 24.5 Å². The molecule has 2 aromatic heterocycles. The largest absolute Gasteiger partial charge is 0.451 e. The molecule has 2 aromatic carbocycles. The molecular weight excluding hydrogens is 492 g/mol. The van der Waals surface area contributed by atoms with Crippen molar-refractivity contribution in [1.29, 1.82) is 0 Å². The Morgan fingerprint density at radius 3 is 2.41 bits per heavy atom. The standard InChI is InChI=1S/C25H22F4N6O2/c1-25(11-30)12-34(13-25)23-8-22(20(29)9-31-23)37-21-6-5-15(7-19(21)28)35-24(36)33(14-32-35)10-16-17(26)3-2-4-18(16)27/h2-9,14H,10-13,30H2,1H3. The van der Waals surface area contributed by atoms with Crippen LogP contribution in [0.2, 0.25) is 0 Å². The number of aromatic nitrogens is 4. The van der Waals surface area contributed by atoms with E-state index in [1.165, 1.54) is 24.3 Å². The minimum absolute atomic E-state index is 0.0418. The lowest BCUT2D eigenvalue weighted by atomic mass is 9.82. The smallest absolute Gasteiger partial charge is 0.350 e. The molecule has 12 heteroatoms. The van der Waals surface area contributed by atoms with Gasteiger partial charge >= 0.3 is 5.69 Å². The van der Waals surface area contributed by atoms with Crippen molar-refractivity contribution in [2.24, 2.45) is 11.1 Å². The number of hydrogen-bond donors (Lipinski definition) is 1. The van der Waals surface area contributed by atoms with Crippen molar-refractivity contribution in [2.45, 2.75) is 13.5 Å². The van der Waals surface area contributed by atoms with Crippen molar-refractivity contribution in [1.82, 2.24) is 19.3 Å². The zero-order valence-electron chi connectivity index (χ0n) is 19.7. The van der Waals surface area contributed by atoms with Gasteiger partial charge in [-0.1, -0.05) is 13.0 Å². The van der Waals surface area contributed by atoms with Crippen LogP contribution in [0.15, 0.2) is 59.8 Å². The fourth-order valence-electron chi connectivity index (χ4n) is 4.12. The Kier molecular flexibility index (Phi) is 6.20. The number of anilines is 1. The van der Waals surface area contributed by atoms with Gasteiger partial charge in [0.05, 0.1) is 18.4 Å². The maximum absolute atomic E-state index is 14.9. The van der Waals surface area contributed by atoms with Gasteiger partial charge in [0, 0.05) is 42.7 Å². The van der Waals surface area contributed by atoms with Gasteiger partial charge in [-0.2, -0.15) is 9.78 Å². The highest BCUT2D eigenvalue weighted by Crippen LogP contribution is 2.35. The highest BCUT2D eigenvalue weighted by atomic mass is 19.1. The summed E-state index contributed by atoms with van der Waals surface area (Å²) in [7, 11) is 0. The topological polar surface area (TPSA) is 91.2 Å². The van der Waals surface area contributed by atoms with Crippen LogP contribution in [0, 0.1) is 28.7 Å². The summed E-state index contributed by atoms with van der Waals surface area (Å²) in [4.78, 5) is 18.7. The van der Waals surface area contributed by atoms with Crippen LogP contribution >= 0.6 is 0 Å². The lowest BCUT2D eigenvalue weighted by Crippen LogP contribution is -2.58. The number of ether oxygens (including phenoxy) is 1. The average Bonchev–Trinajstić information content (AvgIpc) is 3.22. The van der Waals surface area contributed by atoms with E-state index in [1.807, 2.05) is 11.8 Å². The molecule has 1 fully saturated rings. The molecule has 1 saturated heterocycles. The second-order valence-electron chi connectivity index (χ2n) is 9.21. The zero-order chi connectivity index (χ0) is 26.3. The van der Waals surface area contributed by atoms with Crippen molar-refractivity contribution >= 4 is 5.82 Å². The Morgan fingerprint density at radius 1 is 1.00 bits per heavy atom. The van der Waals surface area contributed by atoms with Crippen LogP contribution in [0.5, 0.6) is 11.5 Å². The van der Waals surface area contributed by atoms with Gasteiger partial charge in [-0.15, -0.1) is 0 Å². The first-order valence-electron chi connectivity index (χ1n) is 11.3. The Bertz CT molecular complexity index is 1510. The van der Waals surface area contributed by atoms with E-state index in [0.29, 0.717) is 25.5 Å². The maximum Gasteiger partial charge on any atom is 0.350 e. The second-order valence-corrected chi connectivity index (χ2v) is 9.21. The maximum atomic E-state index is 14.9. The van der Waals surface area contributed by atoms with E-state index in [1.54, 1.807) is 0 Å². The van der Waals surface area contributed by atoms with Gasteiger partial charge in [0.25, 0.3) is 0 Å². The predicted molar refractivity (Wildman–Crippen MR) is 127 cm³/mol. The van der Waals surface area contributed by atoms with Crippen LogP contribution in [0.1, 0.15) is 12.5 Å². The minimum atomic E-state index is -0.878. The molecule has 0 unspecified atom stereocenters. The van der Waals surface area contributed by atoms with Crippen molar-refractivity contribution in [3.8, 4) is 17.2 Å². The second kappa shape index (κ2) is 9.36. The molecule has 8 nitrogen and oxygen atoms in total. The summed E-state index contributed by atoms with van der Waals surface area (Å²) in [5, 5.41) is 3.91. The average molecular weight is 514 g/mol. The molecule has 37 heavy (non-hydrogen) atoms. The van der Waals surface area contributed by atoms with Gasteiger partial charge in [-0.05, 0) is 24.3 Å². The molecule has 2 N–H and O–H groups in total. The number of rotatable bonds is 7. The first-order chi connectivity index (χ1) is 17.7. The molecule has 5 rings (SSSR count). The van der Waals surface area contributed by atoms with Crippen LogP contribution in [0.3, 0.4) is 0 Å². The fourth-order valence-corrected chi connectivity index (χ4v) is 4.12. The third kappa shape index (κ3) is 4.67. The van der Waals surface area contributed by atoms with E-state index in [0.717, 1.165) is 40.0 Å². The lowest BCUT2D eigenvalue weighted by Gasteiger charge is -2.48. The molecule has 0 atom stereocenters. The van der Waals surface area contributed by atoms with Crippen LogP contribution in [0.4, 0.5) is 23.4 Å². The molecule has 1 aliphatic rings. The van der Waals surface area contributed by atoms with Crippen LogP contribution in [-0.4, -0.2) is 39.0 Å². The van der Waals surface area contributed by atoms with Crippen LogP contribution < -0.4 is 21.1 Å². The zero-order valence-corrected chi connectivity index (χ0v) is 19.7.